The van der Waals surface area contributed by atoms with Crippen LogP contribution >= 0.6 is 0 Å². The second-order valence-corrected chi connectivity index (χ2v) is 7.67. The number of anilines is 3. The zero-order valence-corrected chi connectivity index (χ0v) is 17.8. The molecule has 0 aliphatic carbocycles. The molecule has 1 fully saturated rings. The number of nitrogens with zero attached hydrogens (tertiary/aromatic N) is 3. The van der Waals surface area contributed by atoms with E-state index < -0.39 is 0 Å². The monoisotopic (exact) mass is 409 g/mol. The molecule has 0 spiro atoms. The summed E-state index contributed by atoms with van der Waals surface area (Å²) in [6.45, 7) is 7.66. The van der Waals surface area contributed by atoms with E-state index in [0.717, 1.165) is 50.4 Å². The van der Waals surface area contributed by atoms with Crippen LogP contribution in [0.5, 0.6) is 0 Å². The van der Waals surface area contributed by atoms with Gasteiger partial charge in [-0.05, 0) is 62.6 Å². The van der Waals surface area contributed by atoms with Gasteiger partial charge in [0.2, 0.25) is 5.91 Å². The standard InChI is InChI=1S/C23H31N5O2/c1-3-13-27(4-2)20-10-7-17(8-11-20)23(30)26-19-9-12-21(25-15-19)28-14-5-6-18(16-28)22(24)29/h7-12,15,18H,3-6,13-14,16H2,1-2H3,(H2,24,29)(H,26,30). The lowest BCUT2D eigenvalue weighted by molar-refractivity contribution is -0.122. The maximum atomic E-state index is 12.6. The molecule has 7 nitrogen and oxygen atoms in total. The summed E-state index contributed by atoms with van der Waals surface area (Å²) in [6.07, 6.45) is 4.47. The average molecular weight is 410 g/mol. The van der Waals surface area contributed by atoms with Crippen molar-refractivity contribution in [3.8, 4) is 0 Å². The minimum Gasteiger partial charge on any atom is -0.372 e. The molecule has 160 valence electrons. The van der Waals surface area contributed by atoms with Crippen molar-refractivity contribution in [2.45, 2.75) is 33.1 Å². The van der Waals surface area contributed by atoms with Gasteiger partial charge < -0.3 is 20.9 Å². The smallest absolute Gasteiger partial charge is 0.255 e. The highest BCUT2D eigenvalue weighted by molar-refractivity contribution is 6.04. The molecule has 1 aromatic carbocycles. The van der Waals surface area contributed by atoms with Gasteiger partial charge in [-0.1, -0.05) is 6.92 Å². The summed E-state index contributed by atoms with van der Waals surface area (Å²) in [5, 5.41) is 2.90. The van der Waals surface area contributed by atoms with E-state index >= 15 is 0 Å². The summed E-state index contributed by atoms with van der Waals surface area (Å²) >= 11 is 0. The fourth-order valence-electron chi connectivity index (χ4n) is 3.83. The molecular formula is C23H31N5O2. The Balaban J connectivity index is 1.61. The molecule has 2 amide bonds. The molecule has 3 N–H and O–H groups in total. The van der Waals surface area contributed by atoms with Gasteiger partial charge in [0, 0.05) is 37.4 Å². The fourth-order valence-corrected chi connectivity index (χ4v) is 3.83. The van der Waals surface area contributed by atoms with Gasteiger partial charge in [0.05, 0.1) is 17.8 Å². The van der Waals surface area contributed by atoms with Gasteiger partial charge in [0.25, 0.3) is 5.91 Å². The maximum Gasteiger partial charge on any atom is 0.255 e. The lowest BCUT2D eigenvalue weighted by atomic mass is 9.97. The van der Waals surface area contributed by atoms with E-state index in [1.165, 1.54) is 0 Å². The number of benzene rings is 1. The van der Waals surface area contributed by atoms with Crippen LogP contribution in [0.15, 0.2) is 42.6 Å². The van der Waals surface area contributed by atoms with Gasteiger partial charge in [-0.2, -0.15) is 0 Å². The lowest BCUT2D eigenvalue weighted by Gasteiger charge is -2.32. The molecule has 0 saturated carbocycles. The number of pyridine rings is 1. The summed E-state index contributed by atoms with van der Waals surface area (Å²) < 4.78 is 0. The number of rotatable bonds is 8. The molecule has 1 aliphatic heterocycles. The topological polar surface area (TPSA) is 91.6 Å². The molecule has 1 atom stereocenters. The minimum absolute atomic E-state index is 0.135. The Morgan fingerprint density at radius 2 is 1.97 bits per heavy atom. The van der Waals surface area contributed by atoms with Gasteiger partial charge in [0.1, 0.15) is 5.82 Å². The number of carbonyl (C=O) groups is 2. The van der Waals surface area contributed by atoms with Crippen molar-refractivity contribution in [2.75, 3.05) is 41.3 Å². The van der Waals surface area contributed by atoms with Crippen LogP contribution in [0, 0.1) is 5.92 Å². The van der Waals surface area contributed by atoms with Crippen LogP contribution < -0.4 is 20.9 Å². The van der Waals surface area contributed by atoms with Crippen molar-refractivity contribution >= 4 is 29.0 Å². The quantitative estimate of drug-likeness (QED) is 0.698. The van der Waals surface area contributed by atoms with E-state index in [9.17, 15) is 9.59 Å². The third-order valence-electron chi connectivity index (χ3n) is 5.52. The molecule has 1 aromatic heterocycles. The first kappa shape index (κ1) is 21.6. The Morgan fingerprint density at radius 3 is 2.57 bits per heavy atom. The van der Waals surface area contributed by atoms with Crippen molar-refractivity contribution in [2.24, 2.45) is 11.7 Å². The highest BCUT2D eigenvalue weighted by Gasteiger charge is 2.24. The molecule has 3 rings (SSSR count). The number of nitrogens with one attached hydrogen (secondary N) is 1. The first-order chi connectivity index (χ1) is 14.5. The number of aromatic nitrogens is 1. The molecule has 0 bridgehead atoms. The molecule has 1 aliphatic rings. The van der Waals surface area contributed by atoms with Crippen LogP contribution in [-0.4, -0.2) is 43.0 Å². The third kappa shape index (κ3) is 5.28. The van der Waals surface area contributed by atoms with Gasteiger partial charge in [-0.15, -0.1) is 0 Å². The maximum absolute atomic E-state index is 12.6. The summed E-state index contributed by atoms with van der Waals surface area (Å²) in [4.78, 5) is 32.9. The summed E-state index contributed by atoms with van der Waals surface area (Å²) in [7, 11) is 0. The van der Waals surface area contributed by atoms with E-state index in [0.29, 0.717) is 17.8 Å². The second-order valence-electron chi connectivity index (χ2n) is 7.67. The number of nitrogens with two attached hydrogens (primary N) is 1. The number of primary amides is 1. The second kappa shape index (κ2) is 10.1. The largest absolute Gasteiger partial charge is 0.372 e. The molecule has 2 aromatic rings. The SMILES string of the molecule is CCCN(CC)c1ccc(C(=O)Nc2ccc(N3CCCC(C(N)=O)C3)nc2)cc1. The van der Waals surface area contributed by atoms with Gasteiger partial charge >= 0.3 is 0 Å². The van der Waals surface area contributed by atoms with Crippen molar-refractivity contribution in [1.29, 1.82) is 0 Å². The van der Waals surface area contributed by atoms with E-state index in [-0.39, 0.29) is 17.7 Å². The van der Waals surface area contributed by atoms with Crippen molar-refractivity contribution < 1.29 is 9.59 Å². The number of hydrogen-bond donors (Lipinski definition) is 2. The third-order valence-corrected chi connectivity index (χ3v) is 5.52. The van der Waals surface area contributed by atoms with Crippen LogP contribution in [0.1, 0.15) is 43.5 Å². The molecule has 30 heavy (non-hydrogen) atoms. The Labute approximate surface area is 178 Å². The Morgan fingerprint density at radius 1 is 1.20 bits per heavy atom. The van der Waals surface area contributed by atoms with E-state index in [2.05, 4.69) is 33.9 Å². The van der Waals surface area contributed by atoms with Crippen LogP contribution in [0.2, 0.25) is 0 Å². The number of carbonyl (C=O) groups excluding carboxylic acids is 2. The summed E-state index contributed by atoms with van der Waals surface area (Å²) in [6, 6.07) is 11.4. The van der Waals surface area contributed by atoms with Crippen LogP contribution in [-0.2, 0) is 4.79 Å². The number of hydrogen-bond acceptors (Lipinski definition) is 5. The Kier molecular flexibility index (Phi) is 7.27. The highest BCUT2D eigenvalue weighted by Crippen LogP contribution is 2.23. The summed E-state index contributed by atoms with van der Waals surface area (Å²) in [5.74, 6) is 0.232. The van der Waals surface area contributed by atoms with Crippen LogP contribution in [0.25, 0.3) is 0 Å². The van der Waals surface area contributed by atoms with Crippen molar-refractivity contribution in [3.05, 3.63) is 48.2 Å². The normalized spacial score (nSPS) is 16.2. The predicted octanol–water partition coefficient (Wildman–Crippen LogP) is 3.27. The highest BCUT2D eigenvalue weighted by atomic mass is 16.2. The first-order valence-electron chi connectivity index (χ1n) is 10.7. The zero-order chi connectivity index (χ0) is 21.5. The number of piperidine rings is 1. The van der Waals surface area contributed by atoms with E-state index in [1.807, 2.05) is 36.4 Å². The molecule has 2 heterocycles. The molecular weight excluding hydrogens is 378 g/mol. The summed E-state index contributed by atoms with van der Waals surface area (Å²) in [5.41, 5.74) is 7.82. The van der Waals surface area contributed by atoms with Crippen LogP contribution in [0.4, 0.5) is 17.2 Å². The van der Waals surface area contributed by atoms with Gasteiger partial charge in [-0.25, -0.2) is 4.98 Å². The lowest BCUT2D eigenvalue weighted by Crippen LogP contribution is -2.41. The Hall–Kier alpha value is -3.09. The fraction of sp³-hybridized carbons (Fsp3) is 0.435. The Bertz CT molecular complexity index is 851. The van der Waals surface area contributed by atoms with Crippen molar-refractivity contribution in [3.63, 3.8) is 0 Å². The molecule has 0 radical (unpaired) electrons. The minimum atomic E-state index is -0.258. The zero-order valence-electron chi connectivity index (χ0n) is 17.8. The van der Waals surface area contributed by atoms with E-state index in [4.69, 9.17) is 5.73 Å². The van der Waals surface area contributed by atoms with E-state index in [1.54, 1.807) is 6.20 Å². The predicted molar refractivity (Wildman–Crippen MR) is 121 cm³/mol. The average Bonchev–Trinajstić information content (AvgIpc) is 2.78. The molecule has 7 heteroatoms. The van der Waals surface area contributed by atoms with Gasteiger partial charge in [-0.3, -0.25) is 9.59 Å². The molecule has 1 saturated heterocycles. The van der Waals surface area contributed by atoms with Gasteiger partial charge in [0.15, 0.2) is 0 Å². The van der Waals surface area contributed by atoms with Crippen molar-refractivity contribution in [1.82, 2.24) is 4.98 Å². The molecule has 1 unspecified atom stereocenters. The first-order valence-corrected chi connectivity index (χ1v) is 10.7. The number of amides is 2. The van der Waals surface area contributed by atoms with Crippen LogP contribution in [0.3, 0.4) is 0 Å².